The molecule has 2 aliphatic heterocycles. The van der Waals surface area contributed by atoms with Crippen LogP contribution in [0, 0.1) is 11.8 Å². The number of aromatic nitrogens is 4. The highest BCUT2D eigenvalue weighted by Gasteiger charge is 2.36. The number of amides is 3. The molecule has 2 fully saturated rings. The van der Waals surface area contributed by atoms with Gasteiger partial charge in [-0.25, -0.2) is 19.6 Å². The number of carbonyl (C=O) groups is 3. The Bertz CT molecular complexity index is 1910. The van der Waals surface area contributed by atoms with Crippen molar-refractivity contribution < 1.29 is 23.9 Å². The van der Waals surface area contributed by atoms with E-state index < -0.39 is 18.2 Å². The number of rotatable bonds is 10. The molecule has 4 heterocycles. The predicted molar refractivity (Wildman–Crippen MR) is 193 cm³/mol. The fourth-order valence-electron chi connectivity index (χ4n) is 6.99. The lowest BCUT2D eigenvalue weighted by Crippen LogP contribution is -2.48. The monoisotopic (exact) mass is 694 g/mol. The van der Waals surface area contributed by atoms with Crippen LogP contribution >= 0.6 is 0 Å². The molecule has 13 nitrogen and oxygen atoms in total. The minimum Gasteiger partial charge on any atom is -0.453 e. The number of fused-ring (bicyclic) bond motifs is 1. The molecule has 0 spiro atoms. The average Bonchev–Trinajstić information content (AvgIpc) is 3.98. The van der Waals surface area contributed by atoms with Gasteiger partial charge in [0.2, 0.25) is 5.91 Å². The first-order chi connectivity index (χ1) is 24.8. The van der Waals surface area contributed by atoms with Crippen molar-refractivity contribution in [3.63, 3.8) is 0 Å². The van der Waals surface area contributed by atoms with Crippen LogP contribution in [0.3, 0.4) is 0 Å². The number of likely N-dealkylation sites (tertiary alicyclic amines) is 2. The van der Waals surface area contributed by atoms with Crippen LogP contribution in [0.5, 0.6) is 0 Å². The molecule has 4 atom stereocenters. The Hall–Kier alpha value is -5.35. The van der Waals surface area contributed by atoms with Crippen molar-refractivity contribution in [2.75, 3.05) is 33.9 Å². The van der Waals surface area contributed by atoms with Crippen LogP contribution in [-0.4, -0.2) is 93.8 Å². The van der Waals surface area contributed by atoms with E-state index in [1.54, 1.807) is 4.90 Å². The molecule has 0 saturated carbocycles. The summed E-state index contributed by atoms with van der Waals surface area (Å²) in [6.45, 7) is 6.23. The highest BCUT2D eigenvalue weighted by molar-refractivity contribution is 5.86. The summed E-state index contributed by atoms with van der Waals surface area (Å²) in [6, 6.07) is 13.3. The lowest BCUT2D eigenvalue weighted by Gasteiger charge is -2.27. The number of ether oxygens (including phenoxy) is 2. The Labute approximate surface area is 297 Å². The van der Waals surface area contributed by atoms with Crippen molar-refractivity contribution in [3.05, 3.63) is 71.4 Å². The van der Waals surface area contributed by atoms with Crippen molar-refractivity contribution in [2.45, 2.75) is 76.5 Å². The van der Waals surface area contributed by atoms with E-state index in [2.05, 4.69) is 44.3 Å². The van der Waals surface area contributed by atoms with Gasteiger partial charge in [-0.2, -0.15) is 0 Å². The van der Waals surface area contributed by atoms with E-state index in [1.807, 2.05) is 55.6 Å². The fraction of sp³-hybridized carbons (Fsp3) is 0.447. The zero-order chi connectivity index (χ0) is 35.9. The molecule has 0 bridgehead atoms. The maximum Gasteiger partial charge on any atom is 0.407 e. The molecule has 6 rings (SSSR count). The van der Waals surface area contributed by atoms with E-state index in [-0.39, 0.29) is 24.0 Å². The SMILES string of the molecule is CCC(CN1CCCC1c1ncc(-c2ccc(C#Cc3ccc4nc(C5CCCN5C(=O)C(CC)NC(=O)OC)[nH]c4c3)cc2)[nH]1)NC(=O)OC. The van der Waals surface area contributed by atoms with Gasteiger partial charge >= 0.3 is 12.2 Å². The lowest BCUT2D eigenvalue weighted by molar-refractivity contribution is -0.134. The minimum atomic E-state index is -0.652. The van der Waals surface area contributed by atoms with Crippen LogP contribution < -0.4 is 10.6 Å². The van der Waals surface area contributed by atoms with Gasteiger partial charge in [0.1, 0.15) is 17.7 Å². The molecular weight excluding hydrogens is 648 g/mol. The van der Waals surface area contributed by atoms with Crippen LogP contribution in [-0.2, 0) is 14.3 Å². The Morgan fingerprint density at radius 1 is 0.882 bits per heavy atom. The minimum absolute atomic E-state index is 0.0120. The Kier molecular flexibility index (Phi) is 11.2. The normalized spacial score (nSPS) is 18.5. The third-order valence-corrected chi connectivity index (χ3v) is 9.81. The summed E-state index contributed by atoms with van der Waals surface area (Å²) >= 11 is 0. The van der Waals surface area contributed by atoms with Gasteiger partial charge in [0.15, 0.2) is 0 Å². The molecule has 4 unspecified atom stereocenters. The number of aromatic amines is 2. The number of alkyl carbamates (subject to hydrolysis) is 2. The molecule has 2 saturated heterocycles. The van der Waals surface area contributed by atoms with Crippen LogP contribution in [0.2, 0.25) is 0 Å². The second-order valence-electron chi connectivity index (χ2n) is 13.0. The van der Waals surface area contributed by atoms with Crippen molar-refractivity contribution in [1.29, 1.82) is 0 Å². The van der Waals surface area contributed by atoms with Gasteiger partial charge in [-0.05, 0) is 81.0 Å². The van der Waals surface area contributed by atoms with Crippen molar-refractivity contribution in [2.24, 2.45) is 0 Å². The molecule has 2 aromatic carbocycles. The van der Waals surface area contributed by atoms with E-state index >= 15 is 0 Å². The van der Waals surface area contributed by atoms with Gasteiger partial charge in [-0.15, -0.1) is 0 Å². The van der Waals surface area contributed by atoms with E-state index in [0.29, 0.717) is 13.0 Å². The Morgan fingerprint density at radius 2 is 1.59 bits per heavy atom. The van der Waals surface area contributed by atoms with Crippen molar-refractivity contribution in [1.82, 2.24) is 40.4 Å². The van der Waals surface area contributed by atoms with Gasteiger partial charge in [0.05, 0.1) is 49.2 Å². The number of nitrogens with one attached hydrogen (secondary N) is 4. The summed E-state index contributed by atoms with van der Waals surface area (Å²) in [6.07, 6.45) is 5.87. The zero-order valence-corrected chi connectivity index (χ0v) is 29.6. The first-order valence-corrected chi connectivity index (χ1v) is 17.7. The molecule has 3 amide bonds. The largest absolute Gasteiger partial charge is 0.453 e. The number of hydrogen-bond donors (Lipinski definition) is 4. The standard InChI is InChI=1S/C38H46N8O5/c1-5-27(40-37(48)50-3)23-45-19-7-9-32(45)34-39-22-31(43-34)26-16-13-24(14-17-26)11-12-25-15-18-29-30(21-25)42-35(41-29)33-10-8-20-46(33)36(47)28(6-2)44-38(49)51-4/h13-18,21-22,27-28,32-33H,5-10,19-20,23H2,1-4H3,(H,39,43)(H,40,48)(H,41,42)(H,44,49). The van der Waals surface area contributed by atoms with Crippen molar-refractivity contribution >= 4 is 29.1 Å². The lowest BCUT2D eigenvalue weighted by atomic mass is 10.1. The van der Waals surface area contributed by atoms with Gasteiger partial charge in [0.25, 0.3) is 0 Å². The molecule has 13 heteroatoms. The van der Waals surface area contributed by atoms with Gasteiger partial charge in [0, 0.05) is 30.3 Å². The van der Waals surface area contributed by atoms with Gasteiger partial charge < -0.3 is 35.0 Å². The molecular formula is C38H46N8O5. The first kappa shape index (κ1) is 35.5. The quantitative estimate of drug-likeness (QED) is 0.160. The van der Waals surface area contributed by atoms with Gasteiger partial charge in [-0.1, -0.05) is 37.8 Å². The topological polar surface area (TPSA) is 158 Å². The number of H-pyrrole nitrogens is 2. The summed E-state index contributed by atoms with van der Waals surface area (Å²) in [5, 5.41) is 5.58. The second kappa shape index (κ2) is 16.1. The maximum atomic E-state index is 13.3. The molecule has 0 radical (unpaired) electrons. The molecule has 2 aliphatic rings. The molecule has 2 aromatic heterocycles. The molecule has 4 aromatic rings. The zero-order valence-electron chi connectivity index (χ0n) is 29.6. The third kappa shape index (κ3) is 8.18. The van der Waals surface area contributed by atoms with Crippen molar-refractivity contribution in [3.8, 4) is 23.1 Å². The first-order valence-electron chi connectivity index (χ1n) is 17.7. The summed E-state index contributed by atoms with van der Waals surface area (Å²) < 4.78 is 9.50. The fourth-order valence-corrected chi connectivity index (χ4v) is 6.99. The Balaban J connectivity index is 1.10. The molecule has 51 heavy (non-hydrogen) atoms. The van der Waals surface area contributed by atoms with E-state index in [1.165, 1.54) is 14.2 Å². The smallest absolute Gasteiger partial charge is 0.407 e. The Morgan fingerprint density at radius 3 is 2.33 bits per heavy atom. The second-order valence-corrected chi connectivity index (χ2v) is 13.0. The number of hydrogen-bond acceptors (Lipinski definition) is 8. The number of methoxy groups -OCH3 is 2. The summed E-state index contributed by atoms with van der Waals surface area (Å²) in [5.41, 5.74) is 5.37. The van der Waals surface area contributed by atoms with Crippen LogP contribution in [0.4, 0.5) is 9.59 Å². The molecule has 0 aliphatic carbocycles. The van der Waals surface area contributed by atoms with Crippen LogP contribution in [0.15, 0.2) is 48.7 Å². The highest BCUT2D eigenvalue weighted by atomic mass is 16.5. The average molecular weight is 695 g/mol. The number of carbonyl (C=O) groups excluding carboxylic acids is 3. The summed E-state index contributed by atoms with van der Waals surface area (Å²) in [4.78, 5) is 57.6. The van der Waals surface area contributed by atoms with Crippen LogP contribution in [0.1, 0.15) is 87.2 Å². The summed E-state index contributed by atoms with van der Waals surface area (Å²) in [7, 11) is 2.67. The van der Waals surface area contributed by atoms with E-state index in [0.717, 1.165) is 90.3 Å². The molecule has 4 N–H and O–H groups in total. The van der Waals surface area contributed by atoms with E-state index in [9.17, 15) is 14.4 Å². The highest BCUT2D eigenvalue weighted by Crippen LogP contribution is 2.33. The third-order valence-electron chi connectivity index (χ3n) is 9.81. The van der Waals surface area contributed by atoms with Crippen LogP contribution in [0.25, 0.3) is 22.3 Å². The number of benzene rings is 2. The predicted octanol–water partition coefficient (Wildman–Crippen LogP) is 5.42. The number of nitrogens with zero attached hydrogens (tertiary/aromatic N) is 4. The van der Waals surface area contributed by atoms with Gasteiger partial charge in [-0.3, -0.25) is 9.69 Å². The summed E-state index contributed by atoms with van der Waals surface area (Å²) in [5.74, 6) is 8.07. The maximum absolute atomic E-state index is 13.3. The van der Waals surface area contributed by atoms with E-state index in [4.69, 9.17) is 19.4 Å². The number of imidazole rings is 2. The molecule has 268 valence electrons.